The minimum atomic E-state index is -0.800. The highest BCUT2D eigenvalue weighted by Gasteiger charge is 2.33. The molecule has 1 saturated heterocycles. The molecule has 0 spiro atoms. The molecule has 2 fully saturated rings. The van der Waals surface area contributed by atoms with Crippen LogP contribution in [0.25, 0.3) is 33.6 Å². The number of aliphatic hydroxyl groups is 1. The van der Waals surface area contributed by atoms with Crippen LogP contribution in [0.15, 0.2) is 66.9 Å². The third-order valence-corrected chi connectivity index (χ3v) is 8.80. The Balaban J connectivity index is 1.14. The van der Waals surface area contributed by atoms with Crippen molar-refractivity contribution in [2.45, 2.75) is 44.6 Å². The van der Waals surface area contributed by atoms with E-state index in [4.69, 9.17) is 14.5 Å². The Morgan fingerprint density at radius 2 is 1.89 bits per heavy atom. The van der Waals surface area contributed by atoms with Gasteiger partial charge in [0.05, 0.1) is 30.5 Å². The van der Waals surface area contributed by atoms with Crippen LogP contribution in [0.2, 0.25) is 0 Å². The smallest absolute Gasteiger partial charge is 0.407 e. The van der Waals surface area contributed by atoms with Gasteiger partial charge in [-0.15, -0.1) is 0 Å². The number of methoxy groups -OCH3 is 1. The molecule has 11 heteroatoms. The van der Waals surface area contributed by atoms with E-state index in [1.165, 1.54) is 12.8 Å². The molecule has 45 heavy (non-hydrogen) atoms. The highest BCUT2D eigenvalue weighted by molar-refractivity contribution is 6.00. The number of aliphatic hydroxyl groups excluding tert-OH is 1. The molecule has 2 aromatic carbocycles. The summed E-state index contributed by atoms with van der Waals surface area (Å²) in [6, 6.07) is 18.4. The van der Waals surface area contributed by atoms with Crippen molar-refractivity contribution in [2.75, 3.05) is 20.2 Å². The normalized spacial score (nSPS) is 18.3. The molecule has 11 nitrogen and oxygen atoms in total. The van der Waals surface area contributed by atoms with Crippen molar-refractivity contribution in [1.82, 2.24) is 29.3 Å². The van der Waals surface area contributed by atoms with E-state index in [0.29, 0.717) is 35.7 Å². The molecule has 1 aliphatic heterocycles. The van der Waals surface area contributed by atoms with E-state index in [0.717, 1.165) is 40.2 Å². The van der Waals surface area contributed by atoms with Gasteiger partial charge in [-0.05, 0) is 61.1 Å². The van der Waals surface area contributed by atoms with Gasteiger partial charge in [0.15, 0.2) is 5.82 Å². The van der Waals surface area contributed by atoms with Gasteiger partial charge in [-0.25, -0.2) is 14.8 Å². The first-order chi connectivity index (χ1) is 21.9. The fourth-order valence-electron chi connectivity index (χ4n) is 6.20. The van der Waals surface area contributed by atoms with Crippen LogP contribution in [0, 0.1) is 5.92 Å². The summed E-state index contributed by atoms with van der Waals surface area (Å²) >= 11 is 0. The first-order valence-corrected chi connectivity index (χ1v) is 15.3. The maximum atomic E-state index is 13.8. The number of aryl methyl sites for hydroxylation is 1. The van der Waals surface area contributed by atoms with Gasteiger partial charge in [0.25, 0.3) is 5.91 Å². The standard InChI is InChI=1S/C34H36N6O5/c1-38-30-25(36-32(38)27-16-23-9-6-13-35-31(23)40(27)18-21-10-11-21)15-24(17-29(30)44-2)33(42)39-14-12-28(41)26(19-39)37-34(43)45-20-22-7-4-3-5-8-22/h3-9,13,15-17,21,26,28,41H,10-12,14,18-20H2,1-2H3,(H,37,43)/t26-,28-/m0/s1. The number of piperidine rings is 1. The number of likely N-dealkylation sites (tertiary alicyclic amines) is 1. The fourth-order valence-corrected chi connectivity index (χ4v) is 6.20. The van der Waals surface area contributed by atoms with Crippen LogP contribution in [-0.4, -0.2) is 73.5 Å². The molecule has 7 rings (SSSR count). The molecule has 4 heterocycles. The number of nitrogens with one attached hydrogen (secondary N) is 1. The number of ether oxygens (including phenoxy) is 2. The summed E-state index contributed by atoms with van der Waals surface area (Å²) in [6.07, 6.45) is 3.13. The molecule has 3 aromatic heterocycles. The van der Waals surface area contributed by atoms with Gasteiger partial charge in [0, 0.05) is 43.8 Å². The van der Waals surface area contributed by atoms with E-state index in [2.05, 4.69) is 27.0 Å². The van der Waals surface area contributed by atoms with Gasteiger partial charge in [0.2, 0.25) is 0 Å². The SMILES string of the molecule is COc1cc(C(=O)N2CC[C@H](O)[C@@H](NC(=O)OCc3ccccc3)C2)cc2nc(-c3cc4cccnc4n3CC3CC3)n(C)c12. The molecule has 2 aliphatic rings. The third-order valence-electron chi connectivity index (χ3n) is 8.80. The van der Waals surface area contributed by atoms with Gasteiger partial charge in [-0.2, -0.15) is 0 Å². The van der Waals surface area contributed by atoms with E-state index in [1.807, 2.05) is 54.2 Å². The number of carbonyl (C=O) groups is 2. The molecule has 0 bridgehead atoms. The van der Waals surface area contributed by atoms with Gasteiger partial charge in [0.1, 0.15) is 23.5 Å². The Labute approximate surface area is 260 Å². The molecule has 2 N–H and O–H groups in total. The zero-order chi connectivity index (χ0) is 31.1. The minimum Gasteiger partial charge on any atom is -0.494 e. The van der Waals surface area contributed by atoms with E-state index >= 15 is 0 Å². The lowest BCUT2D eigenvalue weighted by atomic mass is 10.0. The average molecular weight is 609 g/mol. The molecule has 5 aromatic rings. The first kappa shape index (κ1) is 28.8. The summed E-state index contributed by atoms with van der Waals surface area (Å²) in [5.74, 6) is 1.72. The summed E-state index contributed by atoms with van der Waals surface area (Å²) in [7, 11) is 3.54. The molecule has 0 radical (unpaired) electrons. The number of benzene rings is 2. The van der Waals surface area contributed by atoms with Crippen LogP contribution in [0.5, 0.6) is 5.75 Å². The van der Waals surface area contributed by atoms with E-state index < -0.39 is 18.2 Å². The molecule has 2 amide bonds. The second-order valence-electron chi connectivity index (χ2n) is 12.0. The maximum Gasteiger partial charge on any atom is 0.407 e. The van der Waals surface area contributed by atoms with Crippen LogP contribution < -0.4 is 10.1 Å². The monoisotopic (exact) mass is 608 g/mol. The number of imidazole rings is 1. The van der Waals surface area contributed by atoms with Crippen molar-refractivity contribution in [3.8, 4) is 17.3 Å². The molecule has 2 atom stereocenters. The lowest BCUT2D eigenvalue weighted by Gasteiger charge is -2.36. The Kier molecular flexibility index (Phi) is 7.62. The van der Waals surface area contributed by atoms with Gasteiger partial charge in [-0.3, -0.25) is 4.79 Å². The summed E-state index contributed by atoms with van der Waals surface area (Å²) in [6.45, 7) is 1.49. The largest absolute Gasteiger partial charge is 0.494 e. The van der Waals surface area contributed by atoms with Crippen molar-refractivity contribution in [3.05, 3.63) is 78.0 Å². The van der Waals surface area contributed by atoms with Crippen molar-refractivity contribution in [2.24, 2.45) is 13.0 Å². The quantitative estimate of drug-likeness (QED) is 0.266. The average Bonchev–Trinajstić information content (AvgIpc) is 3.73. The predicted molar refractivity (Wildman–Crippen MR) is 169 cm³/mol. The number of nitrogens with zero attached hydrogens (tertiary/aromatic N) is 5. The number of carbonyl (C=O) groups excluding carboxylic acids is 2. The zero-order valence-corrected chi connectivity index (χ0v) is 25.3. The van der Waals surface area contributed by atoms with Gasteiger partial charge < -0.3 is 33.9 Å². The second kappa shape index (κ2) is 11.9. The predicted octanol–water partition coefficient (Wildman–Crippen LogP) is 4.51. The summed E-state index contributed by atoms with van der Waals surface area (Å²) in [4.78, 5) is 37.7. The number of aromatic nitrogens is 4. The minimum absolute atomic E-state index is 0.113. The van der Waals surface area contributed by atoms with Gasteiger partial charge in [-0.1, -0.05) is 30.3 Å². The Morgan fingerprint density at radius 1 is 1.07 bits per heavy atom. The molecule has 232 valence electrons. The first-order valence-electron chi connectivity index (χ1n) is 15.3. The summed E-state index contributed by atoms with van der Waals surface area (Å²) in [5, 5.41) is 14.4. The summed E-state index contributed by atoms with van der Waals surface area (Å²) in [5.41, 5.74) is 4.62. The molecule has 1 aliphatic carbocycles. The number of fused-ring (bicyclic) bond motifs is 2. The van der Waals surface area contributed by atoms with Crippen LogP contribution in [0.4, 0.5) is 4.79 Å². The Hall–Kier alpha value is -4.90. The molecule has 1 saturated carbocycles. The third kappa shape index (κ3) is 5.71. The van der Waals surface area contributed by atoms with Crippen LogP contribution in [0.3, 0.4) is 0 Å². The highest BCUT2D eigenvalue weighted by Crippen LogP contribution is 2.37. The zero-order valence-electron chi connectivity index (χ0n) is 25.3. The lowest BCUT2D eigenvalue weighted by molar-refractivity contribution is 0.0351. The van der Waals surface area contributed by atoms with Crippen LogP contribution in [-0.2, 0) is 24.9 Å². The second-order valence-corrected chi connectivity index (χ2v) is 12.0. The van der Waals surface area contributed by atoms with Crippen molar-refractivity contribution < 1.29 is 24.2 Å². The van der Waals surface area contributed by atoms with E-state index in [-0.39, 0.29) is 19.1 Å². The number of pyridine rings is 1. The van der Waals surface area contributed by atoms with E-state index in [9.17, 15) is 14.7 Å². The molecular formula is C34H36N6O5. The lowest BCUT2D eigenvalue weighted by Crippen LogP contribution is -2.56. The molecular weight excluding hydrogens is 572 g/mol. The van der Waals surface area contributed by atoms with Gasteiger partial charge >= 0.3 is 6.09 Å². The van der Waals surface area contributed by atoms with Crippen molar-refractivity contribution in [3.63, 3.8) is 0 Å². The van der Waals surface area contributed by atoms with E-state index in [1.54, 1.807) is 24.1 Å². The number of rotatable bonds is 8. The highest BCUT2D eigenvalue weighted by atomic mass is 16.5. The number of hydrogen-bond acceptors (Lipinski definition) is 7. The number of alkyl carbamates (subject to hydrolysis) is 1. The molecule has 0 unspecified atom stereocenters. The Morgan fingerprint density at radius 3 is 2.67 bits per heavy atom. The summed E-state index contributed by atoms with van der Waals surface area (Å²) < 4.78 is 15.4. The van der Waals surface area contributed by atoms with Crippen LogP contribution >= 0.6 is 0 Å². The van der Waals surface area contributed by atoms with Crippen molar-refractivity contribution in [1.29, 1.82) is 0 Å². The maximum absolute atomic E-state index is 13.8. The fraction of sp³-hybridized carbons (Fsp3) is 0.353. The Bertz CT molecular complexity index is 1880. The topological polar surface area (TPSA) is 124 Å². The number of amides is 2. The number of hydrogen-bond donors (Lipinski definition) is 2. The van der Waals surface area contributed by atoms with Crippen LogP contribution in [0.1, 0.15) is 35.2 Å². The van der Waals surface area contributed by atoms with Crippen molar-refractivity contribution >= 4 is 34.1 Å².